The molecule has 1 N–H and O–H groups in total. The zero-order valence-electron chi connectivity index (χ0n) is 20.5. The Morgan fingerprint density at radius 2 is 1.75 bits per heavy atom. The zero-order valence-corrected chi connectivity index (χ0v) is 20.5. The van der Waals surface area contributed by atoms with Crippen LogP contribution in [0.15, 0.2) is 41.0 Å². The van der Waals surface area contributed by atoms with Gasteiger partial charge < -0.3 is 14.8 Å². The van der Waals surface area contributed by atoms with E-state index in [-0.39, 0.29) is 17.9 Å². The predicted octanol–water partition coefficient (Wildman–Crippen LogP) is 6.22. The molecule has 1 aromatic carbocycles. The van der Waals surface area contributed by atoms with Crippen molar-refractivity contribution in [3.8, 4) is 5.75 Å². The average molecular weight is 443 g/mol. The summed E-state index contributed by atoms with van der Waals surface area (Å²) in [6.07, 6.45) is 11.5. The van der Waals surface area contributed by atoms with Crippen molar-refractivity contribution in [2.24, 2.45) is 10.4 Å². The van der Waals surface area contributed by atoms with Gasteiger partial charge in [-0.05, 0) is 55.4 Å². The second-order valence-electron chi connectivity index (χ2n) is 9.41. The lowest BCUT2D eigenvalue weighted by molar-refractivity contribution is -0.141. The summed E-state index contributed by atoms with van der Waals surface area (Å²) in [5.41, 5.74) is 3.39. The van der Waals surface area contributed by atoms with E-state index in [1.54, 1.807) is 0 Å². The van der Waals surface area contributed by atoms with Gasteiger partial charge >= 0.3 is 5.97 Å². The van der Waals surface area contributed by atoms with Crippen LogP contribution in [-0.4, -0.2) is 31.4 Å². The van der Waals surface area contributed by atoms with Gasteiger partial charge in [-0.15, -0.1) is 0 Å². The largest absolute Gasteiger partial charge is 0.494 e. The molecule has 5 heteroatoms. The van der Waals surface area contributed by atoms with Crippen molar-refractivity contribution in [2.45, 2.75) is 85.6 Å². The highest BCUT2D eigenvalue weighted by molar-refractivity contribution is 5.96. The van der Waals surface area contributed by atoms with Crippen molar-refractivity contribution in [1.82, 2.24) is 5.32 Å². The summed E-state index contributed by atoms with van der Waals surface area (Å²) in [4.78, 5) is 16.5. The van der Waals surface area contributed by atoms with E-state index in [0.717, 1.165) is 43.0 Å². The van der Waals surface area contributed by atoms with Crippen molar-refractivity contribution in [3.63, 3.8) is 0 Å². The predicted molar refractivity (Wildman–Crippen MR) is 132 cm³/mol. The van der Waals surface area contributed by atoms with Gasteiger partial charge in [0.25, 0.3) is 0 Å². The van der Waals surface area contributed by atoms with E-state index in [1.807, 2.05) is 19.1 Å². The average Bonchev–Trinajstić information content (AvgIpc) is 2.76. The fourth-order valence-corrected chi connectivity index (χ4v) is 3.94. The molecule has 1 aromatic rings. The van der Waals surface area contributed by atoms with Gasteiger partial charge in [-0.25, -0.2) is 0 Å². The number of hydrogen-bond acceptors (Lipinski definition) is 5. The Labute approximate surface area is 194 Å². The lowest BCUT2D eigenvalue weighted by Gasteiger charge is -2.31. The maximum absolute atomic E-state index is 11.7. The summed E-state index contributed by atoms with van der Waals surface area (Å²) >= 11 is 0. The summed E-state index contributed by atoms with van der Waals surface area (Å²) in [5, 5.41) is 3.23. The Kier molecular flexibility index (Phi) is 11.3. The van der Waals surface area contributed by atoms with E-state index in [4.69, 9.17) is 14.5 Å². The van der Waals surface area contributed by atoms with Crippen molar-refractivity contribution >= 4 is 11.7 Å². The minimum absolute atomic E-state index is 0.110. The number of hydrogen-bond donors (Lipinski definition) is 1. The van der Waals surface area contributed by atoms with E-state index in [1.165, 1.54) is 37.7 Å². The summed E-state index contributed by atoms with van der Waals surface area (Å²) in [5.74, 6) is 0.702. The summed E-state index contributed by atoms with van der Waals surface area (Å²) in [6, 6.07) is 8.27. The molecule has 0 saturated carbocycles. The van der Waals surface area contributed by atoms with Crippen molar-refractivity contribution in [1.29, 1.82) is 0 Å². The molecule has 0 radical (unpaired) electrons. The van der Waals surface area contributed by atoms with E-state index < -0.39 is 0 Å². The number of rotatable bonds is 14. The maximum Gasteiger partial charge on any atom is 0.325 e. The monoisotopic (exact) mass is 442 g/mol. The van der Waals surface area contributed by atoms with Gasteiger partial charge in [0.1, 0.15) is 12.3 Å². The number of carbonyl (C=O) groups is 1. The fourth-order valence-electron chi connectivity index (χ4n) is 3.94. The van der Waals surface area contributed by atoms with Crippen LogP contribution in [-0.2, 0) is 16.1 Å². The number of nitrogens with one attached hydrogen (secondary N) is 1. The number of carbonyl (C=O) groups excluding carboxylic acids is 1. The van der Waals surface area contributed by atoms with Crippen molar-refractivity contribution in [3.05, 3.63) is 41.6 Å². The van der Waals surface area contributed by atoms with Crippen molar-refractivity contribution in [2.75, 3.05) is 19.8 Å². The van der Waals surface area contributed by atoms with Crippen LogP contribution in [0, 0.1) is 5.41 Å². The highest BCUT2D eigenvalue weighted by Crippen LogP contribution is 2.33. The lowest BCUT2D eigenvalue weighted by Crippen LogP contribution is -2.31. The zero-order chi connectivity index (χ0) is 23.2. The topological polar surface area (TPSA) is 59.9 Å². The van der Waals surface area contributed by atoms with Gasteiger partial charge in [0.05, 0.1) is 19.8 Å². The molecule has 1 aliphatic carbocycles. The Morgan fingerprint density at radius 3 is 2.47 bits per heavy atom. The molecule has 0 atom stereocenters. The van der Waals surface area contributed by atoms with Crippen LogP contribution < -0.4 is 10.1 Å². The molecule has 0 saturated heterocycles. The first kappa shape index (κ1) is 26.0. The molecule has 5 nitrogen and oxygen atoms in total. The number of nitrogens with zero attached hydrogens (tertiary/aromatic N) is 1. The van der Waals surface area contributed by atoms with Gasteiger partial charge in [0.2, 0.25) is 0 Å². The van der Waals surface area contributed by atoms with Crippen LogP contribution in [0.5, 0.6) is 5.75 Å². The van der Waals surface area contributed by atoms with E-state index in [2.05, 4.69) is 44.3 Å². The number of unbranched alkanes of at least 4 members (excludes halogenated alkanes) is 5. The second-order valence-corrected chi connectivity index (χ2v) is 9.41. The summed E-state index contributed by atoms with van der Waals surface area (Å²) in [6.45, 7) is 10.6. The normalized spacial score (nSPS) is 16.5. The molecule has 0 heterocycles. The third kappa shape index (κ3) is 10.3. The maximum atomic E-state index is 11.7. The molecule has 1 aliphatic rings. The summed E-state index contributed by atoms with van der Waals surface area (Å²) in [7, 11) is 0. The Morgan fingerprint density at radius 1 is 1.03 bits per heavy atom. The van der Waals surface area contributed by atoms with E-state index in [0.29, 0.717) is 13.2 Å². The van der Waals surface area contributed by atoms with E-state index in [9.17, 15) is 4.79 Å². The molecule has 0 amide bonds. The molecule has 0 spiro atoms. The molecule has 0 bridgehead atoms. The molecule has 0 unspecified atom stereocenters. The smallest absolute Gasteiger partial charge is 0.325 e. The third-order valence-electron chi connectivity index (χ3n) is 5.59. The first-order valence-electron chi connectivity index (χ1n) is 12.3. The standard InChI is InChI=1S/C27H42N2O3/c1-5-7-8-9-10-11-16-32-25-14-12-22(13-15-25)20-28-23-17-24(19-27(3,4)18-23)29-21-26(30)31-6-2/h12-15,17,29H,5-11,16,18-21H2,1-4H3. The van der Waals surface area contributed by atoms with Gasteiger partial charge in [-0.2, -0.15) is 0 Å². The van der Waals surface area contributed by atoms with Gasteiger partial charge in [-0.1, -0.05) is 65.0 Å². The molecule has 32 heavy (non-hydrogen) atoms. The van der Waals surface area contributed by atoms with Crippen LogP contribution in [0.25, 0.3) is 0 Å². The quantitative estimate of drug-likeness (QED) is 0.274. The first-order valence-corrected chi connectivity index (χ1v) is 12.3. The molecular weight excluding hydrogens is 400 g/mol. The molecule has 2 rings (SSSR count). The lowest BCUT2D eigenvalue weighted by atomic mass is 9.78. The Balaban J connectivity index is 1.82. The van der Waals surface area contributed by atoms with Crippen LogP contribution in [0.4, 0.5) is 0 Å². The van der Waals surface area contributed by atoms with Crippen LogP contribution in [0.2, 0.25) is 0 Å². The molecular formula is C27H42N2O3. The Bertz CT molecular complexity index is 751. The van der Waals surface area contributed by atoms with Gasteiger partial charge in [0.15, 0.2) is 0 Å². The van der Waals surface area contributed by atoms with Crippen LogP contribution >= 0.6 is 0 Å². The van der Waals surface area contributed by atoms with Crippen molar-refractivity contribution < 1.29 is 14.3 Å². The number of ether oxygens (including phenoxy) is 2. The number of benzene rings is 1. The molecule has 178 valence electrons. The highest BCUT2D eigenvalue weighted by atomic mass is 16.5. The number of esters is 1. The molecule has 0 aliphatic heterocycles. The number of allylic oxidation sites excluding steroid dienone is 2. The summed E-state index contributed by atoms with van der Waals surface area (Å²) < 4.78 is 10.9. The number of aliphatic imine (C=N–C) groups is 1. The minimum atomic E-state index is -0.228. The third-order valence-corrected chi connectivity index (χ3v) is 5.59. The van der Waals surface area contributed by atoms with Gasteiger partial charge in [-0.3, -0.25) is 9.79 Å². The molecule has 0 aromatic heterocycles. The van der Waals surface area contributed by atoms with Crippen LogP contribution in [0.3, 0.4) is 0 Å². The van der Waals surface area contributed by atoms with Crippen LogP contribution in [0.1, 0.15) is 84.6 Å². The second kappa shape index (κ2) is 14.0. The minimum Gasteiger partial charge on any atom is -0.494 e. The Hall–Kier alpha value is -2.30. The first-order chi connectivity index (χ1) is 15.4. The van der Waals surface area contributed by atoms with E-state index >= 15 is 0 Å². The molecule has 0 fully saturated rings. The highest BCUT2D eigenvalue weighted by Gasteiger charge is 2.26. The SMILES string of the molecule is CCCCCCCCOc1ccc(CN=C2C=C(NCC(=O)OCC)CC(C)(C)C2)cc1. The van der Waals surface area contributed by atoms with Gasteiger partial charge in [0, 0.05) is 11.4 Å². The fraction of sp³-hybridized carbons (Fsp3) is 0.630.